The van der Waals surface area contributed by atoms with Gasteiger partial charge in [-0.15, -0.1) is 0 Å². The number of sulfonamides is 1. The molecule has 0 spiro atoms. The number of hydrogen-bond donors (Lipinski definition) is 1. The first-order valence-corrected chi connectivity index (χ1v) is 6.79. The molecule has 0 unspecified atom stereocenters. The second-order valence-electron chi connectivity index (χ2n) is 3.62. The molecule has 16 heavy (non-hydrogen) atoms. The van der Waals surface area contributed by atoms with Crippen LogP contribution < -0.4 is 9.46 Å². The molecule has 0 saturated carbocycles. The van der Waals surface area contributed by atoms with Crippen LogP contribution in [0.25, 0.3) is 0 Å². The summed E-state index contributed by atoms with van der Waals surface area (Å²) < 4.78 is 30.8. The van der Waals surface area contributed by atoms with Gasteiger partial charge in [0.2, 0.25) is 10.0 Å². The van der Waals surface area contributed by atoms with Crippen molar-refractivity contribution in [3.8, 4) is 5.75 Å². The van der Waals surface area contributed by atoms with Gasteiger partial charge in [-0.25, -0.2) is 8.42 Å². The molecule has 0 bridgehead atoms. The zero-order valence-corrected chi connectivity index (χ0v) is 10.6. The average Bonchev–Trinajstić information content (AvgIpc) is 2.20. The number of aryl methyl sites for hydroxylation is 1. The first kappa shape index (κ1) is 12.8. The van der Waals surface area contributed by atoms with Crippen LogP contribution in [0.5, 0.6) is 5.75 Å². The SMILES string of the molecule is CCCS(=O)(=O)Nc1ccc(C)cc1OC. The number of rotatable bonds is 5. The van der Waals surface area contributed by atoms with E-state index in [9.17, 15) is 8.42 Å². The summed E-state index contributed by atoms with van der Waals surface area (Å²) in [5, 5.41) is 0. The lowest BCUT2D eigenvalue weighted by molar-refractivity contribution is 0.416. The number of ether oxygens (including phenoxy) is 1. The maximum atomic E-state index is 11.6. The average molecular weight is 243 g/mol. The van der Waals surface area contributed by atoms with Crippen molar-refractivity contribution in [3.05, 3.63) is 23.8 Å². The van der Waals surface area contributed by atoms with Gasteiger partial charge in [-0.3, -0.25) is 4.72 Å². The topological polar surface area (TPSA) is 55.4 Å². The molecule has 0 saturated heterocycles. The van der Waals surface area contributed by atoms with E-state index in [-0.39, 0.29) is 5.75 Å². The Labute approximate surface area is 96.7 Å². The maximum absolute atomic E-state index is 11.6. The van der Waals surface area contributed by atoms with E-state index in [1.165, 1.54) is 7.11 Å². The third-order valence-corrected chi connectivity index (χ3v) is 3.57. The molecule has 1 aromatic rings. The molecule has 0 fully saturated rings. The van der Waals surface area contributed by atoms with Crippen LogP contribution in [0.4, 0.5) is 5.69 Å². The van der Waals surface area contributed by atoms with Crippen LogP contribution in [-0.4, -0.2) is 21.3 Å². The lowest BCUT2D eigenvalue weighted by Crippen LogP contribution is -2.16. The molecule has 0 atom stereocenters. The number of methoxy groups -OCH3 is 1. The summed E-state index contributed by atoms with van der Waals surface area (Å²) in [6.45, 7) is 3.75. The third-order valence-electron chi connectivity index (χ3n) is 2.10. The molecule has 0 amide bonds. The highest BCUT2D eigenvalue weighted by atomic mass is 32.2. The van der Waals surface area contributed by atoms with E-state index in [2.05, 4.69) is 4.72 Å². The van der Waals surface area contributed by atoms with E-state index in [0.717, 1.165) is 5.56 Å². The normalized spacial score (nSPS) is 11.2. The molecule has 1 aromatic carbocycles. The second-order valence-corrected chi connectivity index (χ2v) is 5.47. The Hall–Kier alpha value is -1.23. The Morgan fingerprint density at radius 2 is 2.06 bits per heavy atom. The van der Waals surface area contributed by atoms with Crippen molar-refractivity contribution in [2.45, 2.75) is 20.3 Å². The van der Waals surface area contributed by atoms with Crippen LogP contribution in [0.1, 0.15) is 18.9 Å². The Balaban J connectivity index is 2.97. The highest BCUT2D eigenvalue weighted by Gasteiger charge is 2.12. The van der Waals surface area contributed by atoms with Crippen LogP contribution in [-0.2, 0) is 10.0 Å². The molecule has 1 N–H and O–H groups in total. The summed E-state index contributed by atoms with van der Waals surface area (Å²) in [4.78, 5) is 0. The molecule has 5 heteroatoms. The number of benzene rings is 1. The summed E-state index contributed by atoms with van der Waals surface area (Å²) in [7, 11) is -1.74. The smallest absolute Gasteiger partial charge is 0.232 e. The molecule has 4 nitrogen and oxygen atoms in total. The highest BCUT2D eigenvalue weighted by molar-refractivity contribution is 7.92. The molecule has 0 aliphatic rings. The van der Waals surface area contributed by atoms with Crippen LogP contribution in [0.3, 0.4) is 0 Å². The van der Waals surface area contributed by atoms with E-state index in [0.29, 0.717) is 17.9 Å². The minimum atomic E-state index is -3.26. The van der Waals surface area contributed by atoms with Crippen LogP contribution in [0.15, 0.2) is 18.2 Å². The second kappa shape index (κ2) is 5.21. The molecule has 0 heterocycles. The predicted molar refractivity (Wildman–Crippen MR) is 65.4 cm³/mol. The van der Waals surface area contributed by atoms with Gasteiger partial charge in [-0.1, -0.05) is 13.0 Å². The fourth-order valence-corrected chi connectivity index (χ4v) is 2.51. The maximum Gasteiger partial charge on any atom is 0.232 e. The molecule has 1 rings (SSSR count). The molecule has 0 aliphatic heterocycles. The van der Waals surface area contributed by atoms with Gasteiger partial charge in [0.1, 0.15) is 5.75 Å². The van der Waals surface area contributed by atoms with Gasteiger partial charge in [-0.05, 0) is 31.0 Å². The molecule has 0 aliphatic carbocycles. The first-order valence-electron chi connectivity index (χ1n) is 5.13. The minimum absolute atomic E-state index is 0.115. The van der Waals surface area contributed by atoms with Crippen LogP contribution in [0.2, 0.25) is 0 Å². The van der Waals surface area contributed by atoms with Crippen molar-refractivity contribution < 1.29 is 13.2 Å². The molecular formula is C11H17NO3S. The minimum Gasteiger partial charge on any atom is -0.495 e. The van der Waals surface area contributed by atoms with Gasteiger partial charge in [0.25, 0.3) is 0 Å². The number of anilines is 1. The summed E-state index contributed by atoms with van der Waals surface area (Å²) in [5.41, 5.74) is 1.51. The molecule has 0 radical (unpaired) electrons. The lowest BCUT2D eigenvalue weighted by Gasteiger charge is -2.11. The summed E-state index contributed by atoms with van der Waals surface area (Å²) in [5.74, 6) is 0.656. The Morgan fingerprint density at radius 1 is 1.38 bits per heavy atom. The predicted octanol–water partition coefficient (Wildman–Crippen LogP) is 2.16. The van der Waals surface area contributed by atoms with Crippen molar-refractivity contribution in [3.63, 3.8) is 0 Å². The molecule has 90 valence electrons. The third kappa shape index (κ3) is 3.41. The van der Waals surface area contributed by atoms with Gasteiger partial charge in [0.05, 0.1) is 18.6 Å². The van der Waals surface area contributed by atoms with Crippen LogP contribution >= 0.6 is 0 Å². The van der Waals surface area contributed by atoms with Crippen molar-refractivity contribution in [2.75, 3.05) is 17.6 Å². The van der Waals surface area contributed by atoms with E-state index in [1.807, 2.05) is 19.9 Å². The van der Waals surface area contributed by atoms with Crippen molar-refractivity contribution in [2.24, 2.45) is 0 Å². The van der Waals surface area contributed by atoms with Gasteiger partial charge < -0.3 is 4.74 Å². The van der Waals surface area contributed by atoms with Crippen molar-refractivity contribution >= 4 is 15.7 Å². The monoisotopic (exact) mass is 243 g/mol. The van der Waals surface area contributed by atoms with Gasteiger partial charge in [0, 0.05) is 0 Å². The fourth-order valence-electron chi connectivity index (χ4n) is 1.37. The van der Waals surface area contributed by atoms with E-state index < -0.39 is 10.0 Å². The summed E-state index contributed by atoms with van der Waals surface area (Å²) in [6.07, 6.45) is 0.587. The number of nitrogens with one attached hydrogen (secondary N) is 1. The zero-order chi connectivity index (χ0) is 12.2. The first-order chi connectivity index (χ1) is 7.48. The van der Waals surface area contributed by atoms with E-state index in [1.54, 1.807) is 12.1 Å². The molecular weight excluding hydrogens is 226 g/mol. The van der Waals surface area contributed by atoms with E-state index >= 15 is 0 Å². The van der Waals surface area contributed by atoms with Crippen molar-refractivity contribution in [1.29, 1.82) is 0 Å². The quantitative estimate of drug-likeness (QED) is 0.862. The van der Waals surface area contributed by atoms with Crippen LogP contribution in [0, 0.1) is 6.92 Å². The molecule has 0 aromatic heterocycles. The van der Waals surface area contributed by atoms with Gasteiger partial charge in [-0.2, -0.15) is 0 Å². The van der Waals surface area contributed by atoms with E-state index in [4.69, 9.17) is 4.74 Å². The Bertz CT molecular complexity index is 454. The Kier molecular flexibility index (Phi) is 4.18. The zero-order valence-electron chi connectivity index (χ0n) is 9.78. The fraction of sp³-hybridized carbons (Fsp3) is 0.455. The largest absolute Gasteiger partial charge is 0.495 e. The highest BCUT2D eigenvalue weighted by Crippen LogP contribution is 2.26. The number of hydrogen-bond acceptors (Lipinski definition) is 3. The summed E-state index contributed by atoms with van der Waals surface area (Å²) in [6, 6.07) is 5.34. The Morgan fingerprint density at radius 3 is 2.62 bits per heavy atom. The summed E-state index contributed by atoms with van der Waals surface area (Å²) >= 11 is 0. The van der Waals surface area contributed by atoms with Crippen molar-refractivity contribution in [1.82, 2.24) is 0 Å². The lowest BCUT2D eigenvalue weighted by atomic mass is 10.2. The van der Waals surface area contributed by atoms with Gasteiger partial charge in [0.15, 0.2) is 0 Å². The standard InChI is InChI=1S/C11H17NO3S/c1-4-7-16(13,14)12-10-6-5-9(2)8-11(10)15-3/h5-6,8,12H,4,7H2,1-3H3. The van der Waals surface area contributed by atoms with Gasteiger partial charge >= 0.3 is 0 Å².